The molecule has 1 heterocycles. The molecular formula is C17H14Cl2N4O3. The summed E-state index contributed by atoms with van der Waals surface area (Å²) < 4.78 is 0. The molecule has 1 saturated carbocycles. The highest BCUT2D eigenvalue weighted by Crippen LogP contribution is 2.38. The number of nitrogens with one attached hydrogen (secondary N) is 2. The average molecular weight is 393 g/mol. The molecule has 1 aromatic carbocycles. The second-order valence-corrected chi connectivity index (χ2v) is 6.64. The normalized spacial score (nSPS) is 18.1. The Hall–Kier alpha value is -2.64. The van der Waals surface area contributed by atoms with Crippen LogP contribution < -0.4 is 16.4 Å². The van der Waals surface area contributed by atoms with Crippen LogP contribution in [0, 0.1) is 11.8 Å². The highest BCUT2D eigenvalue weighted by atomic mass is 35.5. The summed E-state index contributed by atoms with van der Waals surface area (Å²) in [4.78, 5) is 39.5. The molecule has 7 nitrogen and oxygen atoms in total. The van der Waals surface area contributed by atoms with Crippen molar-refractivity contribution >= 4 is 52.4 Å². The van der Waals surface area contributed by atoms with E-state index in [1.165, 1.54) is 12.3 Å². The van der Waals surface area contributed by atoms with E-state index in [0.29, 0.717) is 12.1 Å². The lowest BCUT2D eigenvalue weighted by molar-refractivity contribution is -0.123. The number of amides is 3. The molecule has 4 N–H and O–H groups in total. The fourth-order valence-electron chi connectivity index (χ4n) is 2.50. The zero-order valence-corrected chi connectivity index (χ0v) is 14.8. The summed E-state index contributed by atoms with van der Waals surface area (Å²) in [6.45, 7) is 0. The van der Waals surface area contributed by atoms with Gasteiger partial charge in [-0.3, -0.25) is 14.4 Å². The van der Waals surface area contributed by atoms with Crippen molar-refractivity contribution in [2.75, 3.05) is 10.6 Å². The number of pyridine rings is 1. The number of halogens is 2. The van der Waals surface area contributed by atoms with Crippen LogP contribution in [0.1, 0.15) is 16.8 Å². The van der Waals surface area contributed by atoms with Gasteiger partial charge in [-0.05, 0) is 24.6 Å². The van der Waals surface area contributed by atoms with Gasteiger partial charge in [0.15, 0.2) is 0 Å². The van der Waals surface area contributed by atoms with Crippen molar-refractivity contribution in [3.63, 3.8) is 0 Å². The Morgan fingerprint density at radius 1 is 1.08 bits per heavy atom. The van der Waals surface area contributed by atoms with E-state index in [9.17, 15) is 14.4 Å². The van der Waals surface area contributed by atoms with Gasteiger partial charge in [-0.25, -0.2) is 4.98 Å². The molecule has 1 fully saturated rings. The van der Waals surface area contributed by atoms with Crippen LogP contribution in [0.25, 0.3) is 0 Å². The van der Waals surface area contributed by atoms with Crippen molar-refractivity contribution in [2.45, 2.75) is 6.42 Å². The molecule has 0 aliphatic heterocycles. The molecular weight excluding hydrogens is 379 g/mol. The Labute approximate surface area is 158 Å². The minimum absolute atomic E-state index is 0.153. The molecule has 0 bridgehead atoms. The lowest BCUT2D eigenvalue weighted by Gasteiger charge is -2.10. The second-order valence-electron chi connectivity index (χ2n) is 5.82. The quantitative estimate of drug-likeness (QED) is 0.725. The molecule has 0 spiro atoms. The number of nitrogens with zero attached hydrogens (tertiary/aromatic N) is 1. The Balaban J connectivity index is 1.69. The first-order valence-electron chi connectivity index (χ1n) is 7.68. The van der Waals surface area contributed by atoms with Crippen molar-refractivity contribution in [1.82, 2.24) is 4.98 Å². The third kappa shape index (κ3) is 3.95. The summed E-state index contributed by atoms with van der Waals surface area (Å²) in [5.74, 6) is -1.93. The standard InChI is InChI=1S/C17H14Cl2N4O3/c18-11-2-1-3-12(19)14(11)17(26)22-8-4-5-21-13(6-8)23-16(25)10-7-9(10)15(20)24/h1-6,9-10H,7H2,(H2,20,24)(H2,21,22,23,25,26)/t9-,10-/m0/s1. The molecule has 26 heavy (non-hydrogen) atoms. The summed E-state index contributed by atoms with van der Waals surface area (Å²) >= 11 is 12.0. The fraction of sp³-hybridized carbons (Fsp3) is 0.176. The minimum Gasteiger partial charge on any atom is -0.369 e. The second kappa shape index (κ2) is 7.31. The van der Waals surface area contributed by atoms with E-state index in [-0.39, 0.29) is 27.3 Å². The molecule has 0 unspecified atom stereocenters. The predicted molar refractivity (Wildman–Crippen MR) is 98.1 cm³/mol. The molecule has 134 valence electrons. The molecule has 1 aliphatic carbocycles. The lowest BCUT2D eigenvalue weighted by atomic mass is 10.2. The monoisotopic (exact) mass is 392 g/mol. The molecule has 1 aliphatic rings. The molecule has 0 saturated heterocycles. The van der Waals surface area contributed by atoms with Crippen molar-refractivity contribution in [3.05, 3.63) is 52.1 Å². The summed E-state index contributed by atoms with van der Waals surface area (Å²) in [7, 11) is 0. The van der Waals surface area contributed by atoms with Crippen LogP contribution in [0.5, 0.6) is 0 Å². The van der Waals surface area contributed by atoms with Crippen LogP contribution in [0.2, 0.25) is 10.0 Å². The number of carbonyl (C=O) groups is 3. The summed E-state index contributed by atoms with van der Waals surface area (Å²) in [6.07, 6.45) is 1.86. The van der Waals surface area contributed by atoms with Crippen molar-refractivity contribution in [3.8, 4) is 0 Å². The van der Waals surface area contributed by atoms with Gasteiger partial charge >= 0.3 is 0 Å². The number of anilines is 2. The van der Waals surface area contributed by atoms with Gasteiger partial charge in [0.2, 0.25) is 11.8 Å². The molecule has 2 atom stereocenters. The van der Waals surface area contributed by atoms with Crippen molar-refractivity contribution in [1.29, 1.82) is 0 Å². The van der Waals surface area contributed by atoms with E-state index < -0.39 is 23.7 Å². The molecule has 1 aromatic heterocycles. The van der Waals surface area contributed by atoms with Gasteiger partial charge in [0, 0.05) is 18.0 Å². The first-order valence-corrected chi connectivity index (χ1v) is 8.44. The van der Waals surface area contributed by atoms with E-state index >= 15 is 0 Å². The minimum atomic E-state index is -0.490. The zero-order chi connectivity index (χ0) is 18.8. The topological polar surface area (TPSA) is 114 Å². The first kappa shape index (κ1) is 18.2. The summed E-state index contributed by atoms with van der Waals surface area (Å²) in [5, 5.41) is 5.71. The highest BCUT2D eigenvalue weighted by Gasteiger charge is 2.47. The SMILES string of the molecule is NC(=O)[C@H]1C[C@@H]1C(=O)Nc1cc(NC(=O)c2c(Cl)cccc2Cl)ccn1. The van der Waals surface area contributed by atoms with Crippen LogP contribution in [-0.2, 0) is 9.59 Å². The Morgan fingerprint density at radius 3 is 2.38 bits per heavy atom. The third-order valence-electron chi connectivity index (χ3n) is 3.95. The Bertz CT molecular complexity index is 883. The number of nitrogens with two attached hydrogens (primary N) is 1. The number of hydrogen-bond acceptors (Lipinski definition) is 4. The molecule has 9 heteroatoms. The van der Waals surface area contributed by atoms with Crippen LogP contribution in [0.4, 0.5) is 11.5 Å². The maximum absolute atomic E-state index is 12.4. The van der Waals surface area contributed by atoms with Gasteiger partial charge in [0.25, 0.3) is 5.91 Å². The van der Waals surface area contributed by atoms with Gasteiger partial charge in [-0.15, -0.1) is 0 Å². The number of rotatable bonds is 5. The lowest BCUT2D eigenvalue weighted by Crippen LogP contribution is -2.21. The molecule has 2 aromatic rings. The van der Waals surface area contributed by atoms with Crippen LogP contribution in [0.15, 0.2) is 36.5 Å². The van der Waals surface area contributed by atoms with Crippen molar-refractivity contribution < 1.29 is 14.4 Å². The highest BCUT2D eigenvalue weighted by molar-refractivity contribution is 6.40. The van der Waals surface area contributed by atoms with Gasteiger partial charge in [0.05, 0.1) is 27.4 Å². The van der Waals surface area contributed by atoms with Gasteiger partial charge < -0.3 is 16.4 Å². The first-order chi connectivity index (χ1) is 12.4. The number of aromatic nitrogens is 1. The summed E-state index contributed by atoms with van der Waals surface area (Å²) in [5.41, 5.74) is 5.73. The summed E-state index contributed by atoms with van der Waals surface area (Å²) in [6, 6.07) is 7.80. The zero-order valence-electron chi connectivity index (χ0n) is 13.3. The number of benzene rings is 1. The third-order valence-corrected chi connectivity index (χ3v) is 4.58. The van der Waals surface area contributed by atoms with E-state index in [0.717, 1.165) is 0 Å². The predicted octanol–water partition coefficient (Wildman–Crippen LogP) is 2.70. The number of hydrogen-bond donors (Lipinski definition) is 3. The fourth-order valence-corrected chi connectivity index (χ4v) is 3.07. The maximum Gasteiger partial charge on any atom is 0.258 e. The van der Waals surface area contributed by atoms with Crippen LogP contribution >= 0.6 is 23.2 Å². The van der Waals surface area contributed by atoms with Gasteiger partial charge in [-0.1, -0.05) is 29.3 Å². The number of primary amides is 1. The van der Waals surface area contributed by atoms with E-state index in [1.54, 1.807) is 24.3 Å². The van der Waals surface area contributed by atoms with Gasteiger partial charge in [-0.2, -0.15) is 0 Å². The molecule has 3 amide bonds. The van der Waals surface area contributed by atoms with Crippen molar-refractivity contribution in [2.24, 2.45) is 17.6 Å². The van der Waals surface area contributed by atoms with E-state index in [4.69, 9.17) is 28.9 Å². The van der Waals surface area contributed by atoms with Crippen LogP contribution in [-0.4, -0.2) is 22.7 Å². The average Bonchev–Trinajstić information content (AvgIpc) is 3.36. The molecule has 3 rings (SSSR count). The number of carbonyl (C=O) groups excluding carboxylic acids is 3. The maximum atomic E-state index is 12.4. The Morgan fingerprint density at radius 2 is 1.77 bits per heavy atom. The van der Waals surface area contributed by atoms with E-state index in [2.05, 4.69) is 15.6 Å². The van der Waals surface area contributed by atoms with E-state index in [1.807, 2.05) is 0 Å². The van der Waals surface area contributed by atoms with Gasteiger partial charge in [0.1, 0.15) is 5.82 Å². The molecule has 0 radical (unpaired) electrons. The van der Waals surface area contributed by atoms with Crippen LogP contribution in [0.3, 0.4) is 0 Å². The largest absolute Gasteiger partial charge is 0.369 e. The Kier molecular flexibility index (Phi) is 5.11. The smallest absolute Gasteiger partial charge is 0.258 e.